The Morgan fingerprint density at radius 3 is 2.56 bits per heavy atom. The average molecular weight is 268 g/mol. The Morgan fingerprint density at radius 1 is 1.22 bits per heavy atom. The molecule has 0 spiro atoms. The fourth-order valence-corrected chi connectivity index (χ4v) is 2.67. The van der Waals surface area contributed by atoms with E-state index < -0.39 is 0 Å². The minimum absolute atomic E-state index is 0.420. The van der Waals surface area contributed by atoms with Crippen molar-refractivity contribution in [2.75, 3.05) is 6.54 Å². The lowest BCUT2D eigenvalue weighted by Crippen LogP contribution is -2.28. The van der Waals surface area contributed by atoms with Crippen LogP contribution in [-0.4, -0.2) is 6.54 Å². The molecule has 1 aromatic rings. The molecule has 1 N–H and O–H groups in total. The van der Waals surface area contributed by atoms with Gasteiger partial charge in [0.1, 0.15) is 0 Å². The Balaban J connectivity index is 2.96. The van der Waals surface area contributed by atoms with Gasteiger partial charge in [-0.25, -0.2) is 0 Å². The Hall–Kier alpha value is -0.530. The van der Waals surface area contributed by atoms with Gasteiger partial charge in [-0.05, 0) is 55.5 Å². The molecule has 1 aromatic carbocycles. The summed E-state index contributed by atoms with van der Waals surface area (Å²) in [7, 11) is 0. The lowest BCUT2D eigenvalue weighted by Gasteiger charge is -2.27. The van der Waals surface area contributed by atoms with E-state index >= 15 is 0 Å². The molecule has 0 radical (unpaired) electrons. The monoisotopic (exact) mass is 267 g/mol. The Morgan fingerprint density at radius 2 is 1.94 bits per heavy atom. The van der Waals surface area contributed by atoms with Crippen molar-refractivity contribution in [3.63, 3.8) is 0 Å². The third-order valence-electron chi connectivity index (χ3n) is 3.50. The molecular formula is C16H26ClN. The van der Waals surface area contributed by atoms with Crippen molar-refractivity contribution in [2.24, 2.45) is 5.92 Å². The number of hydrogen-bond donors (Lipinski definition) is 1. The first-order chi connectivity index (χ1) is 8.60. The third-order valence-corrected chi connectivity index (χ3v) is 3.74. The van der Waals surface area contributed by atoms with Gasteiger partial charge in [0, 0.05) is 11.1 Å². The molecule has 2 atom stereocenters. The van der Waals surface area contributed by atoms with E-state index in [-0.39, 0.29) is 0 Å². The normalized spacial score (nSPS) is 14.5. The fraction of sp³-hybridized carbons (Fsp3) is 0.625. The van der Waals surface area contributed by atoms with Crippen LogP contribution in [0.5, 0.6) is 0 Å². The maximum atomic E-state index is 6.15. The van der Waals surface area contributed by atoms with Gasteiger partial charge in [-0.2, -0.15) is 0 Å². The molecule has 0 aliphatic heterocycles. The van der Waals surface area contributed by atoms with Crippen LogP contribution in [0, 0.1) is 12.8 Å². The molecule has 1 nitrogen and oxygen atoms in total. The van der Waals surface area contributed by atoms with E-state index in [9.17, 15) is 0 Å². The van der Waals surface area contributed by atoms with E-state index in [4.69, 9.17) is 11.6 Å². The van der Waals surface area contributed by atoms with Crippen molar-refractivity contribution in [1.29, 1.82) is 0 Å². The summed E-state index contributed by atoms with van der Waals surface area (Å²) in [6, 6.07) is 6.64. The van der Waals surface area contributed by atoms with Crippen LogP contribution in [-0.2, 0) is 0 Å². The predicted octanol–water partition coefficient (Wildman–Crippen LogP) is 5.13. The standard InChI is InChI=1S/C16H26ClN/c1-5-7-13(4)16(18-10-6-2)15-11-14(17)9-8-12(15)3/h8-9,11,13,16,18H,5-7,10H2,1-4H3. The largest absolute Gasteiger partial charge is 0.310 e. The summed E-state index contributed by atoms with van der Waals surface area (Å²) in [5.41, 5.74) is 2.69. The van der Waals surface area contributed by atoms with E-state index in [1.54, 1.807) is 0 Å². The van der Waals surface area contributed by atoms with Gasteiger partial charge in [-0.1, -0.05) is 44.9 Å². The molecule has 0 heterocycles. The summed E-state index contributed by atoms with van der Waals surface area (Å²) in [4.78, 5) is 0. The van der Waals surface area contributed by atoms with Crippen LogP contribution in [0.15, 0.2) is 18.2 Å². The summed E-state index contributed by atoms with van der Waals surface area (Å²) in [6.07, 6.45) is 3.63. The summed E-state index contributed by atoms with van der Waals surface area (Å²) in [5, 5.41) is 4.52. The molecule has 0 bridgehead atoms. The van der Waals surface area contributed by atoms with E-state index in [1.165, 1.54) is 24.0 Å². The van der Waals surface area contributed by atoms with E-state index in [0.717, 1.165) is 18.0 Å². The maximum Gasteiger partial charge on any atom is 0.0409 e. The van der Waals surface area contributed by atoms with Crippen molar-refractivity contribution in [1.82, 2.24) is 5.32 Å². The molecule has 2 heteroatoms. The van der Waals surface area contributed by atoms with Crippen LogP contribution in [0.1, 0.15) is 57.2 Å². The van der Waals surface area contributed by atoms with E-state index in [0.29, 0.717) is 12.0 Å². The lowest BCUT2D eigenvalue weighted by molar-refractivity contribution is 0.362. The Kier molecular flexibility index (Phi) is 6.73. The number of rotatable bonds is 7. The van der Waals surface area contributed by atoms with Gasteiger partial charge in [0.2, 0.25) is 0 Å². The van der Waals surface area contributed by atoms with E-state index in [1.807, 2.05) is 6.07 Å². The molecule has 0 saturated carbocycles. The van der Waals surface area contributed by atoms with Gasteiger partial charge in [-0.3, -0.25) is 0 Å². The van der Waals surface area contributed by atoms with E-state index in [2.05, 4.69) is 45.1 Å². The molecule has 2 unspecified atom stereocenters. The second kappa shape index (κ2) is 7.81. The molecule has 1 rings (SSSR count). The summed E-state index contributed by atoms with van der Waals surface area (Å²) < 4.78 is 0. The van der Waals surface area contributed by atoms with Crippen LogP contribution in [0.3, 0.4) is 0 Å². The highest BCUT2D eigenvalue weighted by atomic mass is 35.5. The molecular weight excluding hydrogens is 242 g/mol. The molecule has 0 aliphatic carbocycles. The number of benzene rings is 1. The van der Waals surface area contributed by atoms with Crippen molar-refractivity contribution in [2.45, 2.75) is 53.0 Å². The van der Waals surface area contributed by atoms with Gasteiger partial charge >= 0.3 is 0 Å². The first-order valence-electron chi connectivity index (χ1n) is 7.09. The van der Waals surface area contributed by atoms with Crippen LogP contribution < -0.4 is 5.32 Å². The van der Waals surface area contributed by atoms with Crippen molar-refractivity contribution in [3.8, 4) is 0 Å². The number of nitrogens with one attached hydrogen (secondary N) is 1. The summed E-state index contributed by atoms with van der Waals surface area (Å²) in [6.45, 7) is 10.0. The van der Waals surface area contributed by atoms with Gasteiger partial charge in [-0.15, -0.1) is 0 Å². The van der Waals surface area contributed by atoms with Crippen molar-refractivity contribution < 1.29 is 0 Å². The van der Waals surface area contributed by atoms with Gasteiger partial charge in [0.25, 0.3) is 0 Å². The molecule has 0 saturated heterocycles. The zero-order chi connectivity index (χ0) is 13.5. The first-order valence-corrected chi connectivity index (χ1v) is 7.47. The lowest BCUT2D eigenvalue weighted by atomic mass is 9.88. The molecule has 0 amide bonds. The minimum atomic E-state index is 0.420. The SMILES string of the molecule is CCCNC(c1cc(Cl)ccc1C)C(C)CCC. The average Bonchev–Trinajstić information content (AvgIpc) is 2.34. The highest BCUT2D eigenvalue weighted by Crippen LogP contribution is 2.29. The topological polar surface area (TPSA) is 12.0 Å². The molecule has 0 aromatic heterocycles. The Bertz CT molecular complexity index is 362. The van der Waals surface area contributed by atoms with Gasteiger partial charge in [0.05, 0.1) is 0 Å². The van der Waals surface area contributed by atoms with Crippen molar-refractivity contribution >= 4 is 11.6 Å². The maximum absolute atomic E-state index is 6.15. The zero-order valence-corrected chi connectivity index (χ0v) is 12.8. The second-order valence-corrected chi connectivity index (χ2v) is 5.64. The second-order valence-electron chi connectivity index (χ2n) is 5.20. The molecule has 0 fully saturated rings. The van der Waals surface area contributed by atoms with Crippen LogP contribution in [0.4, 0.5) is 0 Å². The van der Waals surface area contributed by atoms with Crippen LogP contribution in [0.25, 0.3) is 0 Å². The molecule has 18 heavy (non-hydrogen) atoms. The predicted molar refractivity (Wildman–Crippen MR) is 81.3 cm³/mol. The van der Waals surface area contributed by atoms with Crippen LogP contribution >= 0.6 is 11.6 Å². The molecule has 102 valence electrons. The van der Waals surface area contributed by atoms with Gasteiger partial charge in [0.15, 0.2) is 0 Å². The minimum Gasteiger partial charge on any atom is -0.310 e. The summed E-state index contributed by atoms with van der Waals surface area (Å²) >= 11 is 6.15. The zero-order valence-electron chi connectivity index (χ0n) is 12.1. The number of halogens is 1. The highest BCUT2D eigenvalue weighted by Gasteiger charge is 2.19. The van der Waals surface area contributed by atoms with Crippen LogP contribution in [0.2, 0.25) is 5.02 Å². The first kappa shape index (κ1) is 15.5. The number of aryl methyl sites for hydroxylation is 1. The Labute approximate surface area is 117 Å². The fourth-order valence-electron chi connectivity index (χ4n) is 2.49. The van der Waals surface area contributed by atoms with Crippen molar-refractivity contribution in [3.05, 3.63) is 34.3 Å². The quantitative estimate of drug-likeness (QED) is 0.723. The number of hydrogen-bond acceptors (Lipinski definition) is 1. The summed E-state index contributed by atoms with van der Waals surface area (Å²) in [5.74, 6) is 0.638. The highest BCUT2D eigenvalue weighted by molar-refractivity contribution is 6.30. The molecule has 0 aliphatic rings. The van der Waals surface area contributed by atoms with Gasteiger partial charge < -0.3 is 5.32 Å². The third kappa shape index (κ3) is 4.29. The smallest absolute Gasteiger partial charge is 0.0409 e.